The summed E-state index contributed by atoms with van der Waals surface area (Å²) in [6.45, 7) is 13.2. The van der Waals surface area contributed by atoms with E-state index in [0.29, 0.717) is 0 Å². The second-order valence-electron chi connectivity index (χ2n) is 11.0. The Labute approximate surface area is 256 Å². The molecule has 0 fully saturated rings. The van der Waals surface area contributed by atoms with E-state index in [4.69, 9.17) is 0 Å². The molecule has 1 nitrogen and oxygen atoms in total. The predicted octanol–water partition coefficient (Wildman–Crippen LogP) is 12.7. The zero-order chi connectivity index (χ0) is 29.4. The summed E-state index contributed by atoms with van der Waals surface area (Å²) in [6.07, 6.45) is 2.50. The third kappa shape index (κ3) is 6.66. The Morgan fingerprint density at radius 2 is 0.976 bits per heavy atom. The minimum absolute atomic E-state index is 0.0372. The van der Waals surface area contributed by atoms with Gasteiger partial charge in [-0.2, -0.15) is 0 Å². The van der Waals surface area contributed by atoms with Gasteiger partial charge in [0.15, 0.2) is 0 Å². The van der Waals surface area contributed by atoms with Crippen LogP contribution in [0.1, 0.15) is 65.5 Å². The first-order chi connectivity index (χ1) is 19.8. The number of benzene rings is 5. The van der Waals surface area contributed by atoms with Crippen molar-refractivity contribution in [2.45, 2.75) is 59.8 Å². The first-order valence-corrected chi connectivity index (χ1v) is 15.6. The van der Waals surface area contributed by atoms with Crippen LogP contribution >= 0.6 is 15.9 Å². The molecule has 0 spiro atoms. The van der Waals surface area contributed by atoms with Gasteiger partial charge in [0.05, 0.1) is 0 Å². The van der Waals surface area contributed by atoms with E-state index in [-0.39, 0.29) is 5.41 Å². The molecule has 0 amide bonds. The van der Waals surface area contributed by atoms with Crippen molar-refractivity contribution in [2.75, 3.05) is 4.90 Å². The lowest BCUT2D eigenvalue weighted by molar-refractivity contribution is 0.660. The third-order valence-electron chi connectivity index (χ3n) is 7.14. The lowest BCUT2D eigenvalue weighted by atomic mass is 9.82. The molecule has 0 heterocycles. The maximum Gasteiger partial charge on any atom is 0.0465 e. The number of fused-ring (bicyclic) bond motifs is 3. The van der Waals surface area contributed by atoms with Crippen LogP contribution in [-0.4, -0.2) is 0 Å². The number of nitrogens with zero attached hydrogens (tertiary/aromatic N) is 1. The second kappa shape index (κ2) is 13.8. The Morgan fingerprint density at radius 3 is 1.59 bits per heavy atom. The van der Waals surface area contributed by atoms with Crippen LogP contribution in [0, 0.1) is 0 Å². The van der Waals surface area contributed by atoms with E-state index in [1.165, 1.54) is 51.9 Å². The highest BCUT2D eigenvalue weighted by Crippen LogP contribution is 2.50. The van der Waals surface area contributed by atoms with Crippen LogP contribution in [0.25, 0.3) is 22.3 Å². The molecule has 2 heteroatoms. The molecule has 0 radical (unpaired) electrons. The zero-order valence-corrected chi connectivity index (χ0v) is 26.9. The Bertz CT molecular complexity index is 1530. The molecule has 210 valence electrons. The molecule has 5 aromatic rings. The minimum atomic E-state index is -0.0372. The SMILES string of the molecule is CC1(C)c2ccccc2-c2ccc(N(c3ccc(Br)cc3)c3ccc(-c4ccccc4)cc3)cc21.CCC.CCC. The fourth-order valence-electron chi connectivity index (χ4n) is 5.30. The van der Waals surface area contributed by atoms with Gasteiger partial charge in [-0.05, 0) is 81.9 Å². The highest BCUT2D eigenvalue weighted by Gasteiger charge is 2.35. The molecule has 6 rings (SSSR count). The van der Waals surface area contributed by atoms with Crippen LogP contribution in [0.15, 0.2) is 126 Å². The average Bonchev–Trinajstić information content (AvgIpc) is 3.22. The maximum absolute atomic E-state index is 3.60. The quantitative estimate of drug-likeness (QED) is 0.197. The molecule has 0 aromatic heterocycles. The summed E-state index contributed by atoms with van der Waals surface area (Å²) in [5, 5.41) is 0. The summed E-state index contributed by atoms with van der Waals surface area (Å²) < 4.78 is 1.08. The summed E-state index contributed by atoms with van der Waals surface area (Å²) in [7, 11) is 0. The van der Waals surface area contributed by atoms with Gasteiger partial charge in [0, 0.05) is 26.9 Å². The van der Waals surface area contributed by atoms with Crippen LogP contribution < -0.4 is 4.90 Å². The summed E-state index contributed by atoms with van der Waals surface area (Å²) in [4.78, 5) is 2.35. The van der Waals surface area contributed by atoms with Gasteiger partial charge in [-0.1, -0.05) is 143 Å². The molecule has 5 aromatic carbocycles. The zero-order valence-electron chi connectivity index (χ0n) is 25.3. The van der Waals surface area contributed by atoms with Crippen molar-refractivity contribution in [1.29, 1.82) is 0 Å². The molecular formula is C39H42BrN. The van der Waals surface area contributed by atoms with Gasteiger partial charge in [-0.3, -0.25) is 0 Å². The van der Waals surface area contributed by atoms with Crippen molar-refractivity contribution in [3.05, 3.63) is 137 Å². The van der Waals surface area contributed by atoms with Crippen LogP contribution in [0.5, 0.6) is 0 Å². The van der Waals surface area contributed by atoms with Gasteiger partial charge in [0.25, 0.3) is 0 Å². The highest BCUT2D eigenvalue weighted by atomic mass is 79.9. The fourth-order valence-corrected chi connectivity index (χ4v) is 5.57. The number of halogens is 1. The molecule has 0 saturated carbocycles. The maximum atomic E-state index is 3.60. The van der Waals surface area contributed by atoms with E-state index in [9.17, 15) is 0 Å². The number of hydrogen-bond acceptors (Lipinski definition) is 1. The van der Waals surface area contributed by atoms with Crippen molar-refractivity contribution < 1.29 is 0 Å². The van der Waals surface area contributed by atoms with E-state index < -0.39 is 0 Å². The normalized spacial score (nSPS) is 12.2. The van der Waals surface area contributed by atoms with Gasteiger partial charge < -0.3 is 4.90 Å². The molecule has 0 aliphatic heterocycles. The van der Waals surface area contributed by atoms with Crippen molar-refractivity contribution in [3.8, 4) is 22.3 Å². The Morgan fingerprint density at radius 1 is 0.512 bits per heavy atom. The molecule has 0 saturated heterocycles. The van der Waals surface area contributed by atoms with E-state index in [1.54, 1.807) is 0 Å². The molecule has 41 heavy (non-hydrogen) atoms. The molecule has 0 N–H and O–H groups in total. The average molecular weight is 605 g/mol. The largest absolute Gasteiger partial charge is 0.310 e. The van der Waals surface area contributed by atoms with Gasteiger partial charge in [0.2, 0.25) is 0 Å². The molecule has 1 aliphatic rings. The fraction of sp³-hybridized carbons (Fsp3) is 0.231. The van der Waals surface area contributed by atoms with Crippen molar-refractivity contribution in [2.24, 2.45) is 0 Å². The Kier molecular flexibility index (Phi) is 10.2. The van der Waals surface area contributed by atoms with Crippen molar-refractivity contribution in [1.82, 2.24) is 0 Å². The summed E-state index contributed by atoms with van der Waals surface area (Å²) in [5.41, 5.74) is 11.3. The van der Waals surface area contributed by atoms with E-state index in [1.807, 2.05) is 0 Å². The van der Waals surface area contributed by atoms with Crippen LogP contribution in [-0.2, 0) is 5.41 Å². The van der Waals surface area contributed by atoms with Crippen LogP contribution in [0.2, 0.25) is 0 Å². The van der Waals surface area contributed by atoms with Crippen LogP contribution in [0.3, 0.4) is 0 Å². The standard InChI is InChI=1S/C33H26BrN.2C3H8/c1-33(2)31-11-7-6-10-29(31)30-21-20-28(22-32(30)33)35(27-18-14-25(34)15-19-27)26-16-12-24(13-17-26)23-8-4-3-5-9-23;2*1-3-2/h3-22H,1-2H3;2*3H2,1-2H3. The highest BCUT2D eigenvalue weighted by molar-refractivity contribution is 9.10. The summed E-state index contributed by atoms with van der Waals surface area (Å²) in [6, 6.07) is 43.7. The lowest BCUT2D eigenvalue weighted by Gasteiger charge is -2.28. The topological polar surface area (TPSA) is 3.24 Å². The van der Waals surface area contributed by atoms with E-state index >= 15 is 0 Å². The third-order valence-corrected chi connectivity index (χ3v) is 7.67. The Balaban J connectivity index is 0.000000596. The number of rotatable bonds is 4. The smallest absolute Gasteiger partial charge is 0.0465 e. The van der Waals surface area contributed by atoms with Crippen LogP contribution in [0.4, 0.5) is 17.1 Å². The first-order valence-electron chi connectivity index (χ1n) is 14.8. The van der Waals surface area contributed by atoms with Gasteiger partial charge in [-0.15, -0.1) is 0 Å². The number of anilines is 3. The van der Waals surface area contributed by atoms with E-state index in [0.717, 1.165) is 15.8 Å². The predicted molar refractivity (Wildman–Crippen MR) is 184 cm³/mol. The first kappa shape index (κ1) is 30.3. The Hall–Kier alpha value is -3.62. The lowest BCUT2D eigenvalue weighted by Crippen LogP contribution is -2.16. The van der Waals surface area contributed by atoms with Gasteiger partial charge in [-0.25, -0.2) is 0 Å². The van der Waals surface area contributed by atoms with E-state index in [2.05, 4.69) is 184 Å². The number of hydrogen-bond donors (Lipinski definition) is 0. The molecule has 1 aliphatic carbocycles. The molecule has 0 atom stereocenters. The summed E-state index contributed by atoms with van der Waals surface area (Å²) >= 11 is 3.60. The molecule has 0 bridgehead atoms. The van der Waals surface area contributed by atoms with Crippen molar-refractivity contribution >= 4 is 33.0 Å². The monoisotopic (exact) mass is 603 g/mol. The second-order valence-corrected chi connectivity index (χ2v) is 12.0. The molecular weight excluding hydrogens is 562 g/mol. The minimum Gasteiger partial charge on any atom is -0.310 e. The van der Waals surface area contributed by atoms with Gasteiger partial charge >= 0.3 is 0 Å². The molecule has 0 unspecified atom stereocenters. The van der Waals surface area contributed by atoms with Crippen molar-refractivity contribution in [3.63, 3.8) is 0 Å². The summed E-state index contributed by atoms with van der Waals surface area (Å²) in [5.74, 6) is 0. The van der Waals surface area contributed by atoms with Gasteiger partial charge in [0.1, 0.15) is 0 Å².